The first-order valence-corrected chi connectivity index (χ1v) is 10.1. The van der Waals surface area contributed by atoms with Crippen LogP contribution in [0.5, 0.6) is 5.75 Å². The van der Waals surface area contributed by atoms with Crippen LogP contribution in [0.1, 0.15) is 32.1 Å². The van der Waals surface area contributed by atoms with E-state index in [1.54, 1.807) is 7.11 Å². The van der Waals surface area contributed by atoms with Gasteiger partial charge in [-0.05, 0) is 25.0 Å². The second kappa shape index (κ2) is 7.34. The summed E-state index contributed by atoms with van der Waals surface area (Å²) in [6.45, 7) is 0. The van der Waals surface area contributed by atoms with Crippen molar-refractivity contribution in [2.45, 2.75) is 42.8 Å². The second-order valence-corrected chi connectivity index (χ2v) is 7.93. The van der Waals surface area contributed by atoms with Crippen LogP contribution in [0.4, 0.5) is 4.79 Å². The average molecular weight is 403 g/mol. The largest absolute Gasteiger partial charge is 0.497 e. The van der Waals surface area contributed by atoms with Crippen LogP contribution < -0.4 is 15.5 Å². The summed E-state index contributed by atoms with van der Waals surface area (Å²) in [5.74, 6) is -0.0903. The van der Waals surface area contributed by atoms with Crippen molar-refractivity contribution in [1.29, 1.82) is 0 Å². The molecule has 1 saturated carbocycles. The molecule has 4 rings (SSSR count). The third kappa shape index (κ3) is 3.39. The summed E-state index contributed by atoms with van der Waals surface area (Å²) < 4.78 is 5.18. The van der Waals surface area contributed by atoms with Gasteiger partial charge in [0.25, 0.3) is 5.91 Å². The number of H-pyrrole nitrogens is 1. The number of aromatic nitrogens is 2. The fourth-order valence-corrected chi connectivity index (χ4v) is 4.34. The number of urea groups is 1. The second-order valence-electron chi connectivity index (χ2n) is 6.96. The minimum absolute atomic E-state index is 0.0149. The number of hydrogen-bond acceptors (Lipinski definition) is 6. The van der Waals surface area contributed by atoms with Crippen LogP contribution in [-0.2, 0) is 9.59 Å². The highest BCUT2D eigenvalue weighted by atomic mass is 32.2. The van der Waals surface area contributed by atoms with Crippen molar-refractivity contribution in [1.82, 2.24) is 25.7 Å². The zero-order valence-electron chi connectivity index (χ0n) is 15.4. The molecule has 2 fully saturated rings. The first-order chi connectivity index (χ1) is 13.5. The Morgan fingerprint density at radius 3 is 2.86 bits per heavy atom. The number of aromatic amines is 1. The minimum atomic E-state index is -0.854. The molecule has 1 aliphatic heterocycles. The number of imidazole rings is 1. The standard InChI is InChI=1S/C18H21N5O4S/c1-27-11-5-6-12-13(9-11)20-16(19-12)28-10-14(24)22-23-15(25)18(21-17(23)26)7-3-2-4-8-18/h5-6,9H,2-4,7-8,10H2,1H3,(H,19,20)(H,21,26)(H,22,24). The van der Waals surface area contributed by atoms with Gasteiger partial charge in [-0.1, -0.05) is 31.0 Å². The van der Waals surface area contributed by atoms with E-state index in [-0.39, 0.29) is 11.7 Å². The Morgan fingerprint density at radius 1 is 1.32 bits per heavy atom. The maximum atomic E-state index is 12.7. The molecule has 1 aromatic carbocycles. The zero-order chi connectivity index (χ0) is 19.7. The molecule has 0 unspecified atom stereocenters. The van der Waals surface area contributed by atoms with Gasteiger partial charge in [0.1, 0.15) is 11.3 Å². The van der Waals surface area contributed by atoms with Crippen LogP contribution in [0.3, 0.4) is 0 Å². The molecule has 0 atom stereocenters. The molecule has 3 N–H and O–H groups in total. The molecule has 2 heterocycles. The predicted molar refractivity (Wildman–Crippen MR) is 103 cm³/mol. The topological polar surface area (TPSA) is 116 Å². The SMILES string of the molecule is COc1ccc2nc(SCC(=O)NN3C(=O)NC4(CCCCC4)C3=O)[nH]c2c1. The molecule has 10 heteroatoms. The molecule has 1 saturated heterocycles. The molecule has 4 amide bonds. The monoisotopic (exact) mass is 403 g/mol. The number of thioether (sulfide) groups is 1. The molecule has 1 aliphatic carbocycles. The van der Waals surface area contributed by atoms with Crippen LogP contribution in [0.15, 0.2) is 23.4 Å². The Bertz CT molecular complexity index is 937. The van der Waals surface area contributed by atoms with E-state index < -0.39 is 17.5 Å². The van der Waals surface area contributed by atoms with Gasteiger partial charge in [-0.25, -0.2) is 9.78 Å². The molecule has 28 heavy (non-hydrogen) atoms. The number of hydrazine groups is 1. The van der Waals surface area contributed by atoms with Gasteiger partial charge in [0.2, 0.25) is 5.91 Å². The smallest absolute Gasteiger partial charge is 0.344 e. The molecular weight excluding hydrogens is 382 g/mol. The lowest BCUT2D eigenvalue weighted by Gasteiger charge is -2.30. The molecule has 0 radical (unpaired) electrons. The van der Waals surface area contributed by atoms with Crippen molar-refractivity contribution in [3.8, 4) is 5.75 Å². The van der Waals surface area contributed by atoms with Crippen molar-refractivity contribution in [2.24, 2.45) is 0 Å². The zero-order valence-corrected chi connectivity index (χ0v) is 16.2. The lowest BCUT2D eigenvalue weighted by atomic mass is 9.82. The number of methoxy groups -OCH3 is 1. The first-order valence-electron chi connectivity index (χ1n) is 9.13. The highest BCUT2D eigenvalue weighted by molar-refractivity contribution is 7.99. The highest BCUT2D eigenvalue weighted by Crippen LogP contribution is 2.33. The molecular formula is C18H21N5O4S. The number of fused-ring (bicyclic) bond motifs is 1. The number of carbonyl (C=O) groups is 3. The average Bonchev–Trinajstić information content (AvgIpc) is 3.20. The van der Waals surface area contributed by atoms with Crippen LogP contribution in [0.25, 0.3) is 11.0 Å². The summed E-state index contributed by atoms with van der Waals surface area (Å²) in [4.78, 5) is 44.7. The number of ether oxygens (including phenoxy) is 1. The Kier molecular flexibility index (Phi) is 4.88. The highest BCUT2D eigenvalue weighted by Gasteiger charge is 2.52. The summed E-state index contributed by atoms with van der Waals surface area (Å²) in [7, 11) is 1.59. The maximum Gasteiger partial charge on any atom is 0.344 e. The van der Waals surface area contributed by atoms with Gasteiger partial charge < -0.3 is 15.0 Å². The molecule has 2 aliphatic rings. The number of imide groups is 1. The summed E-state index contributed by atoms with van der Waals surface area (Å²) in [5, 5.41) is 4.15. The molecule has 1 spiro atoms. The van der Waals surface area contributed by atoms with Gasteiger partial charge in [0.15, 0.2) is 5.16 Å². The third-order valence-corrected chi connectivity index (χ3v) is 5.99. The Balaban J connectivity index is 1.37. The van der Waals surface area contributed by atoms with Crippen LogP contribution in [-0.4, -0.2) is 51.2 Å². The molecule has 9 nitrogen and oxygen atoms in total. The van der Waals surface area contributed by atoms with Crippen molar-refractivity contribution < 1.29 is 19.1 Å². The van der Waals surface area contributed by atoms with E-state index in [0.29, 0.717) is 23.7 Å². The summed E-state index contributed by atoms with van der Waals surface area (Å²) >= 11 is 1.19. The number of amides is 4. The van der Waals surface area contributed by atoms with E-state index in [9.17, 15) is 14.4 Å². The summed E-state index contributed by atoms with van der Waals surface area (Å²) in [6, 6.07) is 4.89. The van der Waals surface area contributed by atoms with Crippen molar-refractivity contribution in [3.63, 3.8) is 0 Å². The maximum absolute atomic E-state index is 12.7. The Labute approximate surface area is 165 Å². The number of rotatable bonds is 5. The number of nitrogens with zero attached hydrogens (tertiary/aromatic N) is 2. The molecule has 2 aromatic rings. The van der Waals surface area contributed by atoms with E-state index >= 15 is 0 Å². The quantitative estimate of drug-likeness (QED) is 0.519. The minimum Gasteiger partial charge on any atom is -0.497 e. The fraction of sp³-hybridized carbons (Fsp3) is 0.444. The van der Waals surface area contributed by atoms with Gasteiger partial charge in [-0.2, -0.15) is 5.01 Å². The Hall–Kier alpha value is -2.75. The number of benzene rings is 1. The molecule has 1 aromatic heterocycles. The Morgan fingerprint density at radius 2 is 2.11 bits per heavy atom. The van der Waals surface area contributed by atoms with E-state index in [1.165, 1.54) is 11.8 Å². The van der Waals surface area contributed by atoms with Crippen LogP contribution in [0, 0.1) is 0 Å². The van der Waals surface area contributed by atoms with Gasteiger partial charge in [-0.15, -0.1) is 0 Å². The van der Waals surface area contributed by atoms with Gasteiger partial charge >= 0.3 is 6.03 Å². The van der Waals surface area contributed by atoms with Crippen LogP contribution in [0.2, 0.25) is 0 Å². The van der Waals surface area contributed by atoms with E-state index in [2.05, 4.69) is 20.7 Å². The van der Waals surface area contributed by atoms with E-state index in [4.69, 9.17) is 4.74 Å². The number of hydrogen-bond donors (Lipinski definition) is 3. The van der Waals surface area contributed by atoms with Crippen molar-refractivity contribution in [3.05, 3.63) is 18.2 Å². The van der Waals surface area contributed by atoms with E-state index in [0.717, 1.165) is 35.3 Å². The van der Waals surface area contributed by atoms with Gasteiger partial charge in [0, 0.05) is 6.07 Å². The lowest BCUT2D eigenvalue weighted by molar-refractivity contribution is -0.139. The van der Waals surface area contributed by atoms with E-state index in [1.807, 2.05) is 18.2 Å². The van der Waals surface area contributed by atoms with Gasteiger partial charge in [0.05, 0.1) is 23.9 Å². The van der Waals surface area contributed by atoms with Crippen LogP contribution >= 0.6 is 11.8 Å². The molecule has 148 valence electrons. The normalized spacial score (nSPS) is 18.5. The number of nitrogens with one attached hydrogen (secondary N) is 3. The van der Waals surface area contributed by atoms with Gasteiger partial charge in [-0.3, -0.25) is 15.0 Å². The third-order valence-electron chi connectivity index (χ3n) is 5.11. The summed E-state index contributed by atoms with van der Waals surface area (Å²) in [5.41, 5.74) is 3.13. The predicted octanol–water partition coefficient (Wildman–Crippen LogP) is 1.95. The summed E-state index contributed by atoms with van der Waals surface area (Å²) in [6.07, 6.45) is 4.06. The van der Waals surface area contributed by atoms with Crippen molar-refractivity contribution >= 4 is 40.6 Å². The fourth-order valence-electron chi connectivity index (χ4n) is 3.67. The number of carbonyl (C=O) groups excluding carboxylic acids is 3. The molecule has 0 bridgehead atoms. The first kappa shape index (κ1) is 18.6. The lowest BCUT2D eigenvalue weighted by Crippen LogP contribution is -2.51. The van der Waals surface area contributed by atoms with Crippen molar-refractivity contribution in [2.75, 3.05) is 12.9 Å².